The molecule has 1 aliphatic heterocycles. The van der Waals surface area contributed by atoms with Gasteiger partial charge in [0.2, 0.25) is 0 Å². The average Bonchev–Trinajstić information content (AvgIpc) is 2.95. The van der Waals surface area contributed by atoms with Crippen LogP contribution in [0.5, 0.6) is 0 Å². The highest BCUT2D eigenvalue weighted by Crippen LogP contribution is 2.39. The third kappa shape index (κ3) is 1.87. The van der Waals surface area contributed by atoms with Gasteiger partial charge in [-0.3, -0.25) is 15.1 Å². The fraction of sp³-hybridized carbons (Fsp3) is 0.429. The standard InChI is InChI=1S/C14H16FN3O2/c1-20-8-7-16-13-17-12(19)14(18-13)6-5-9-10(14)3-2-4-11(9)15/h2-4H,5-8H2,1H3,(H2,16,17,18,19). The molecule has 1 amide bonds. The fourth-order valence-electron chi connectivity index (χ4n) is 2.86. The smallest absolute Gasteiger partial charge is 0.257 e. The summed E-state index contributed by atoms with van der Waals surface area (Å²) in [6.07, 6.45) is 1.09. The molecule has 5 nitrogen and oxygen atoms in total. The van der Waals surface area contributed by atoms with E-state index in [1.165, 1.54) is 6.07 Å². The number of nitrogens with zero attached hydrogens (tertiary/aromatic N) is 1. The molecule has 0 radical (unpaired) electrons. The predicted octanol–water partition coefficient (Wildman–Crippen LogP) is 0.689. The van der Waals surface area contributed by atoms with Crippen molar-refractivity contribution in [3.05, 3.63) is 35.1 Å². The molecule has 2 aliphatic rings. The van der Waals surface area contributed by atoms with E-state index in [0.717, 1.165) is 0 Å². The Morgan fingerprint density at radius 2 is 2.35 bits per heavy atom. The van der Waals surface area contributed by atoms with Crippen molar-refractivity contribution in [3.8, 4) is 0 Å². The Bertz CT molecular complexity index is 588. The van der Waals surface area contributed by atoms with Gasteiger partial charge in [-0.25, -0.2) is 4.39 Å². The lowest BCUT2D eigenvalue weighted by molar-refractivity contribution is -0.124. The average molecular weight is 277 g/mol. The van der Waals surface area contributed by atoms with Crippen LogP contribution in [-0.2, 0) is 21.5 Å². The van der Waals surface area contributed by atoms with E-state index in [-0.39, 0.29) is 11.7 Å². The Labute approximate surface area is 116 Å². The number of nitrogens with one attached hydrogen (secondary N) is 2. The van der Waals surface area contributed by atoms with E-state index in [9.17, 15) is 9.18 Å². The molecule has 6 heteroatoms. The number of aliphatic imine (C=N–C) groups is 1. The van der Waals surface area contributed by atoms with Crippen molar-refractivity contribution >= 4 is 11.9 Å². The topological polar surface area (TPSA) is 62.7 Å². The molecule has 1 spiro atoms. The minimum atomic E-state index is -0.872. The molecule has 1 aliphatic carbocycles. The quantitative estimate of drug-likeness (QED) is 0.799. The lowest BCUT2D eigenvalue weighted by atomic mass is 9.92. The molecular weight excluding hydrogens is 261 g/mol. The van der Waals surface area contributed by atoms with E-state index in [0.29, 0.717) is 43.1 Å². The van der Waals surface area contributed by atoms with Crippen molar-refractivity contribution in [3.63, 3.8) is 0 Å². The van der Waals surface area contributed by atoms with Crippen LogP contribution >= 0.6 is 0 Å². The molecule has 0 bridgehead atoms. The number of hydrogen-bond acceptors (Lipinski definition) is 3. The van der Waals surface area contributed by atoms with E-state index < -0.39 is 5.54 Å². The van der Waals surface area contributed by atoms with Crippen molar-refractivity contribution in [1.82, 2.24) is 10.6 Å². The highest BCUT2D eigenvalue weighted by Gasteiger charge is 2.51. The Balaban J connectivity index is 1.91. The van der Waals surface area contributed by atoms with Gasteiger partial charge in [-0.05, 0) is 30.0 Å². The molecule has 20 heavy (non-hydrogen) atoms. The van der Waals surface area contributed by atoms with Gasteiger partial charge in [-0.15, -0.1) is 0 Å². The Kier molecular flexibility index (Phi) is 3.17. The van der Waals surface area contributed by atoms with E-state index in [1.54, 1.807) is 19.2 Å². The second-order valence-corrected chi connectivity index (χ2v) is 4.97. The Morgan fingerprint density at radius 3 is 3.15 bits per heavy atom. The summed E-state index contributed by atoms with van der Waals surface area (Å²) in [6.45, 7) is 0.949. The van der Waals surface area contributed by atoms with Crippen LogP contribution < -0.4 is 10.6 Å². The van der Waals surface area contributed by atoms with Gasteiger partial charge < -0.3 is 10.1 Å². The van der Waals surface area contributed by atoms with Crippen LogP contribution in [0.4, 0.5) is 4.39 Å². The molecule has 0 aromatic heterocycles. The number of carbonyl (C=O) groups excluding carboxylic acids is 1. The maximum Gasteiger partial charge on any atom is 0.257 e. The van der Waals surface area contributed by atoms with Crippen molar-refractivity contribution in [2.75, 3.05) is 20.3 Å². The third-order valence-corrected chi connectivity index (χ3v) is 3.85. The third-order valence-electron chi connectivity index (χ3n) is 3.85. The number of ether oxygens (including phenoxy) is 1. The number of hydrogen-bond donors (Lipinski definition) is 2. The van der Waals surface area contributed by atoms with Gasteiger partial charge in [0.1, 0.15) is 11.4 Å². The molecule has 1 heterocycles. The minimum absolute atomic E-state index is 0.169. The molecule has 3 rings (SSSR count). The zero-order valence-electron chi connectivity index (χ0n) is 11.2. The summed E-state index contributed by atoms with van der Waals surface area (Å²) < 4.78 is 18.7. The molecule has 1 aromatic carbocycles. The summed E-state index contributed by atoms with van der Waals surface area (Å²) >= 11 is 0. The van der Waals surface area contributed by atoms with Crippen LogP contribution in [0, 0.1) is 5.82 Å². The van der Waals surface area contributed by atoms with Crippen molar-refractivity contribution in [2.45, 2.75) is 18.4 Å². The van der Waals surface area contributed by atoms with Gasteiger partial charge in [-0.2, -0.15) is 0 Å². The first kappa shape index (κ1) is 13.1. The number of guanidine groups is 1. The number of methoxy groups -OCH3 is 1. The van der Waals surface area contributed by atoms with Crippen LogP contribution in [0.15, 0.2) is 23.2 Å². The van der Waals surface area contributed by atoms with Crippen molar-refractivity contribution in [2.24, 2.45) is 4.99 Å². The van der Waals surface area contributed by atoms with Gasteiger partial charge in [0.25, 0.3) is 5.91 Å². The lowest BCUT2D eigenvalue weighted by Crippen LogP contribution is -2.41. The normalized spacial score (nSPS) is 25.9. The Morgan fingerprint density at radius 1 is 1.50 bits per heavy atom. The number of amides is 1. The van der Waals surface area contributed by atoms with Crippen LogP contribution in [0.2, 0.25) is 0 Å². The van der Waals surface area contributed by atoms with Crippen LogP contribution in [0.3, 0.4) is 0 Å². The SMILES string of the molecule is COCCN=C1NC(=O)C2(CCc3c(F)cccc32)N1. The monoisotopic (exact) mass is 277 g/mol. The number of carbonyl (C=O) groups is 1. The summed E-state index contributed by atoms with van der Waals surface area (Å²) in [6, 6.07) is 4.87. The molecule has 1 aromatic rings. The maximum atomic E-state index is 13.8. The zero-order valence-corrected chi connectivity index (χ0v) is 11.2. The van der Waals surface area contributed by atoms with E-state index in [4.69, 9.17) is 4.74 Å². The first-order valence-corrected chi connectivity index (χ1v) is 6.58. The number of halogens is 1. The highest BCUT2D eigenvalue weighted by atomic mass is 19.1. The van der Waals surface area contributed by atoms with Crippen LogP contribution in [0.25, 0.3) is 0 Å². The first-order chi connectivity index (χ1) is 9.67. The molecule has 106 valence electrons. The van der Waals surface area contributed by atoms with Gasteiger partial charge in [-0.1, -0.05) is 12.1 Å². The molecule has 2 N–H and O–H groups in total. The Hall–Kier alpha value is -1.95. The first-order valence-electron chi connectivity index (χ1n) is 6.58. The largest absolute Gasteiger partial charge is 0.383 e. The van der Waals surface area contributed by atoms with E-state index in [1.807, 2.05) is 0 Å². The summed E-state index contributed by atoms with van der Waals surface area (Å²) in [5.74, 6) is 0.0147. The van der Waals surface area contributed by atoms with Crippen molar-refractivity contribution in [1.29, 1.82) is 0 Å². The van der Waals surface area contributed by atoms with E-state index >= 15 is 0 Å². The molecule has 0 saturated carbocycles. The molecule has 1 fully saturated rings. The molecule has 1 saturated heterocycles. The van der Waals surface area contributed by atoms with E-state index in [2.05, 4.69) is 15.6 Å². The molecule has 1 unspecified atom stereocenters. The lowest BCUT2D eigenvalue weighted by Gasteiger charge is -2.21. The minimum Gasteiger partial charge on any atom is -0.383 e. The zero-order chi connectivity index (χ0) is 14.2. The van der Waals surface area contributed by atoms with Gasteiger partial charge in [0.05, 0.1) is 13.2 Å². The second kappa shape index (κ2) is 4.86. The number of fused-ring (bicyclic) bond motifs is 2. The summed E-state index contributed by atoms with van der Waals surface area (Å²) in [5.41, 5.74) is 0.462. The predicted molar refractivity (Wildman–Crippen MR) is 71.9 cm³/mol. The summed E-state index contributed by atoms with van der Waals surface area (Å²) in [4.78, 5) is 16.5. The van der Waals surface area contributed by atoms with Crippen LogP contribution in [-0.4, -0.2) is 32.1 Å². The molecular formula is C14H16FN3O2. The highest BCUT2D eigenvalue weighted by molar-refractivity contribution is 6.09. The van der Waals surface area contributed by atoms with Gasteiger partial charge in [0, 0.05) is 7.11 Å². The van der Waals surface area contributed by atoms with Crippen LogP contribution in [0.1, 0.15) is 17.5 Å². The fourth-order valence-corrected chi connectivity index (χ4v) is 2.86. The second-order valence-electron chi connectivity index (χ2n) is 4.97. The maximum absolute atomic E-state index is 13.8. The summed E-state index contributed by atoms with van der Waals surface area (Å²) in [7, 11) is 1.60. The number of rotatable bonds is 3. The van der Waals surface area contributed by atoms with Gasteiger partial charge in [0.15, 0.2) is 5.96 Å². The molecule has 1 atom stereocenters. The summed E-state index contributed by atoms with van der Waals surface area (Å²) in [5, 5.41) is 5.85. The van der Waals surface area contributed by atoms with Gasteiger partial charge >= 0.3 is 0 Å². The van der Waals surface area contributed by atoms with Crippen molar-refractivity contribution < 1.29 is 13.9 Å². The number of benzene rings is 1.